The van der Waals surface area contributed by atoms with Crippen LogP contribution >= 0.6 is 0 Å². The van der Waals surface area contributed by atoms with Gasteiger partial charge in [0.2, 0.25) is 0 Å². The second-order valence-electron chi connectivity index (χ2n) is 1.13. The van der Waals surface area contributed by atoms with Crippen molar-refractivity contribution in [3.8, 4) is 0 Å². The third kappa shape index (κ3) is 1820. The summed E-state index contributed by atoms with van der Waals surface area (Å²) in [6, 6.07) is 0. The Morgan fingerprint density at radius 3 is 0.500 bits per heavy atom. The fourth-order valence-corrected chi connectivity index (χ4v) is 0. The van der Waals surface area contributed by atoms with Gasteiger partial charge in [0.25, 0.3) is 0 Å². The van der Waals surface area contributed by atoms with Gasteiger partial charge in [0.15, 0.2) is 0 Å². The number of hydrogen-bond donors (Lipinski definition) is 0. The molecule has 0 aliphatic heterocycles. The Bertz CT molecular complexity index is 345. The van der Waals surface area contributed by atoms with Crippen molar-refractivity contribution >= 4 is 0 Å². The van der Waals surface area contributed by atoms with Gasteiger partial charge in [-0.2, -0.15) is 0 Å². The van der Waals surface area contributed by atoms with Crippen LogP contribution in [0.3, 0.4) is 0 Å². The number of hydrogen-bond acceptors (Lipinski definition) is 12. The van der Waals surface area contributed by atoms with Gasteiger partial charge in [-0.05, 0) is 0 Å². The molecule has 12 nitrogen and oxygen atoms in total. The first-order chi connectivity index (χ1) is 6.00. The first-order valence-electron chi connectivity index (χ1n) is 1.85. The van der Waals surface area contributed by atoms with Crippen LogP contribution in [-0.2, 0) is 113 Å². The van der Waals surface area contributed by atoms with E-state index in [0.29, 0.717) is 0 Å². The van der Waals surface area contributed by atoms with Gasteiger partial charge in [-0.3, -0.25) is 0 Å². The molecule has 0 atom stereocenters. The van der Waals surface area contributed by atoms with Gasteiger partial charge in [-0.15, -0.1) is 0 Å². The van der Waals surface area contributed by atoms with E-state index < -0.39 is 40.1 Å². The van der Waals surface area contributed by atoms with E-state index in [0.717, 1.165) is 0 Å². The summed E-state index contributed by atoms with van der Waals surface area (Å²) in [5.74, 6) is 0. The Balaban J connectivity index is -0.0000000277. The van der Waals surface area contributed by atoms with E-state index in [9.17, 15) is 0 Å². The van der Waals surface area contributed by atoms with Crippen molar-refractivity contribution in [3.05, 3.63) is 0 Å². The monoisotopic (exact) mass is 529 g/mol. The van der Waals surface area contributed by atoms with E-state index >= 15 is 0 Å². The zero-order valence-corrected chi connectivity index (χ0v) is 13.8. The maximum atomic E-state index is 8.58. The van der Waals surface area contributed by atoms with Gasteiger partial charge < -0.3 is 0 Å². The van der Waals surface area contributed by atoms with Crippen LogP contribution in [0.2, 0.25) is 0 Å². The second kappa shape index (κ2) is 15.0. The Kier molecular flexibility index (Phi) is 30.6. The van der Waals surface area contributed by atoms with E-state index in [1.165, 1.54) is 0 Å². The second-order valence-corrected chi connectivity index (χ2v) is 4.68. The minimum absolute atomic E-state index is 0. The predicted molar refractivity (Wildman–Crippen MR) is 4.12 cm³/mol. The molecule has 0 amide bonds. The molecule has 0 bridgehead atoms. The van der Waals surface area contributed by atoms with Gasteiger partial charge >= 0.3 is 139 Å². The summed E-state index contributed by atoms with van der Waals surface area (Å²) in [6.45, 7) is 0. The summed E-state index contributed by atoms with van der Waals surface area (Å²) in [4.78, 5) is 0. The van der Waals surface area contributed by atoms with Crippen molar-refractivity contribution in [2.24, 2.45) is 0 Å². The van der Waals surface area contributed by atoms with Gasteiger partial charge in [-0.1, -0.05) is 0 Å². The fourth-order valence-electron chi connectivity index (χ4n) is 0. The third-order valence-corrected chi connectivity index (χ3v) is 0. The first-order valence-corrected chi connectivity index (χ1v) is 7.63. The van der Waals surface area contributed by atoms with E-state index in [1.54, 1.807) is 0 Å². The average Bonchev–Trinajstić information content (AvgIpc) is 1.41. The number of rotatable bonds is 0. The van der Waals surface area contributed by atoms with Crippen LogP contribution in [-0.4, -0.2) is 0 Å². The summed E-state index contributed by atoms with van der Waals surface area (Å²) in [5.41, 5.74) is 0. The zero-order valence-electron chi connectivity index (χ0n) is 7.06. The van der Waals surface area contributed by atoms with Crippen LogP contribution in [0.4, 0.5) is 0 Å². The molecule has 0 fully saturated rings. The van der Waals surface area contributed by atoms with Crippen molar-refractivity contribution in [1.82, 2.24) is 0 Å². The summed E-state index contributed by atoms with van der Waals surface area (Å²) in [7, 11) is 0. The Morgan fingerprint density at radius 2 is 0.500 bits per heavy atom. The van der Waals surface area contributed by atoms with E-state index in [-0.39, 0.29) is 50.3 Å². The fraction of sp³-hybridized carbons (Fsp3) is 0. The molecule has 0 saturated carbocycles. The van der Waals surface area contributed by atoms with E-state index in [4.69, 9.17) is 48.1 Å². The Morgan fingerprint density at radius 1 is 0.500 bits per heavy atom. The standard InChI is InChI=1S/Co.4Mn.Ni.12O/q+2;;;;2*+2;;;;;;;6*-1. The molecular weight excluding hydrogens is 529 g/mol. The molecule has 0 rings (SSSR count). The summed E-state index contributed by atoms with van der Waals surface area (Å²) >= 11 is -16.9. The average molecular weight is 529 g/mol. The van der Waals surface area contributed by atoms with Crippen molar-refractivity contribution in [2.75, 3.05) is 0 Å². The third-order valence-electron chi connectivity index (χ3n) is 0. The van der Waals surface area contributed by atoms with Crippen LogP contribution in [0.1, 0.15) is 0 Å². The molecule has 0 heterocycles. The molecule has 2 radical (unpaired) electrons. The quantitative estimate of drug-likeness (QED) is 0.266. The molecular formula is CoMn4NiO12. The van der Waals surface area contributed by atoms with Crippen molar-refractivity contribution < 1.29 is 139 Å². The predicted octanol–water partition coefficient (Wildman–Crippen LogP) is -7.86. The summed E-state index contributed by atoms with van der Waals surface area (Å²) in [5, 5.41) is 0. The van der Waals surface area contributed by atoms with Gasteiger partial charge in [0.1, 0.15) is 0 Å². The zero-order chi connectivity index (χ0) is 13.5. The van der Waals surface area contributed by atoms with Crippen LogP contribution in [0, 0.1) is 0 Å². The molecule has 0 aliphatic carbocycles. The summed E-state index contributed by atoms with van der Waals surface area (Å²) in [6.07, 6.45) is 0. The minimum atomic E-state index is -5.62. The molecule has 0 saturated heterocycles. The Labute approximate surface area is 137 Å². The molecule has 18 heteroatoms. The topological polar surface area (TPSA) is 241 Å². The summed E-state index contributed by atoms with van der Waals surface area (Å²) < 4.78 is 103. The van der Waals surface area contributed by atoms with Crippen LogP contribution < -0.4 is 25.1 Å². The SMILES string of the molecule is [Co+2].[Mn+2].[Ni+2].[O]=[Mn](=[O])([O-])[O-].[O]=[Mn](=[O])([O-])[O-].[O]=[Mn](=[O])([O-])[O-]. The molecule has 0 aromatic heterocycles. The first kappa shape index (κ1) is 36.7. The molecule has 119 valence electrons. The van der Waals surface area contributed by atoms with Gasteiger partial charge in [0.05, 0.1) is 0 Å². The van der Waals surface area contributed by atoms with Crippen LogP contribution in [0.15, 0.2) is 0 Å². The molecule has 0 unspecified atom stereocenters. The molecule has 0 aromatic rings. The molecule has 0 N–H and O–H groups in total. The molecule has 0 aromatic carbocycles. The molecule has 0 spiro atoms. The van der Waals surface area contributed by atoms with Gasteiger partial charge in [-0.25, -0.2) is 0 Å². The normalized spacial score (nSPS) is 9.67. The van der Waals surface area contributed by atoms with Crippen LogP contribution in [0.25, 0.3) is 0 Å². The maximum absolute atomic E-state index is 8.58. The van der Waals surface area contributed by atoms with Crippen LogP contribution in [0.5, 0.6) is 0 Å². The molecule has 0 aliphatic rings. The van der Waals surface area contributed by atoms with E-state index in [2.05, 4.69) is 0 Å². The van der Waals surface area contributed by atoms with E-state index in [1.807, 2.05) is 0 Å². The Hall–Kier alpha value is 1.64. The van der Waals surface area contributed by atoms with Crippen molar-refractivity contribution in [2.45, 2.75) is 0 Å². The molecule has 18 heavy (non-hydrogen) atoms. The van der Waals surface area contributed by atoms with Crippen molar-refractivity contribution in [3.63, 3.8) is 0 Å². The van der Waals surface area contributed by atoms with Gasteiger partial charge in [0, 0.05) is 0 Å². The van der Waals surface area contributed by atoms with Crippen molar-refractivity contribution in [1.29, 1.82) is 0 Å².